The molecule has 0 spiro atoms. The summed E-state index contributed by atoms with van der Waals surface area (Å²) in [7, 11) is 0. The molecule has 3 aromatic rings. The molecule has 126 valence electrons. The third kappa shape index (κ3) is 3.85. The van der Waals surface area contributed by atoms with E-state index in [1.807, 2.05) is 47.3 Å². The van der Waals surface area contributed by atoms with Gasteiger partial charge in [0.1, 0.15) is 0 Å². The van der Waals surface area contributed by atoms with Gasteiger partial charge in [-0.3, -0.25) is 4.79 Å². The first-order valence-electron chi connectivity index (χ1n) is 8.52. The number of rotatable bonds is 7. The molecule has 0 unspecified atom stereocenters. The van der Waals surface area contributed by atoms with Crippen LogP contribution >= 0.6 is 11.3 Å². The van der Waals surface area contributed by atoms with Crippen LogP contribution in [0.1, 0.15) is 49.9 Å². The van der Waals surface area contributed by atoms with Crippen molar-refractivity contribution in [1.29, 1.82) is 0 Å². The number of carbonyl (C=O) groups is 1. The average Bonchev–Trinajstić information content (AvgIpc) is 3.23. The molecule has 24 heavy (non-hydrogen) atoms. The zero-order chi connectivity index (χ0) is 16.9. The number of unbranched alkanes of at least 4 members (excludes halogenated alkanes) is 2. The predicted octanol–water partition coefficient (Wildman–Crippen LogP) is 4.79. The Morgan fingerprint density at radius 3 is 2.83 bits per heavy atom. The van der Waals surface area contributed by atoms with Crippen molar-refractivity contribution in [1.82, 2.24) is 14.9 Å². The van der Waals surface area contributed by atoms with E-state index in [9.17, 15) is 4.79 Å². The van der Waals surface area contributed by atoms with Crippen molar-refractivity contribution in [3.05, 3.63) is 48.3 Å². The molecule has 0 fully saturated rings. The minimum Gasteiger partial charge on any atom is -0.350 e. The fourth-order valence-electron chi connectivity index (χ4n) is 2.71. The monoisotopic (exact) mass is 341 g/mol. The number of carbonyl (C=O) groups excluding carboxylic acids is 1. The Balaban J connectivity index is 1.72. The number of aromatic nitrogens is 2. The second kappa shape index (κ2) is 7.62. The van der Waals surface area contributed by atoms with Gasteiger partial charge in [-0.15, -0.1) is 0 Å². The number of hydrogen-bond acceptors (Lipinski definition) is 3. The molecular weight excluding hydrogens is 318 g/mol. The van der Waals surface area contributed by atoms with Crippen molar-refractivity contribution in [2.45, 2.75) is 45.6 Å². The lowest BCUT2D eigenvalue weighted by Gasteiger charge is -2.13. The molecule has 5 heteroatoms. The van der Waals surface area contributed by atoms with E-state index in [1.54, 1.807) is 11.3 Å². The number of nitrogens with one attached hydrogen (secondary N) is 1. The second-order valence-electron chi connectivity index (χ2n) is 6.14. The van der Waals surface area contributed by atoms with E-state index in [1.165, 1.54) is 12.8 Å². The van der Waals surface area contributed by atoms with Crippen LogP contribution in [0.25, 0.3) is 15.3 Å². The van der Waals surface area contributed by atoms with Crippen molar-refractivity contribution in [3.8, 4) is 5.13 Å². The molecule has 1 amide bonds. The first kappa shape index (κ1) is 16.7. The minimum absolute atomic E-state index is 0.00295. The first-order valence-corrected chi connectivity index (χ1v) is 9.34. The van der Waals surface area contributed by atoms with E-state index in [0.29, 0.717) is 5.56 Å². The summed E-state index contributed by atoms with van der Waals surface area (Å²) in [5, 5.41) is 4.01. The van der Waals surface area contributed by atoms with Gasteiger partial charge < -0.3 is 9.88 Å². The van der Waals surface area contributed by atoms with Crippen molar-refractivity contribution in [3.63, 3.8) is 0 Å². The van der Waals surface area contributed by atoms with E-state index in [4.69, 9.17) is 0 Å². The fourth-order valence-corrected chi connectivity index (χ4v) is 3.68. The van der Waals surface area contributed by atoms with Crippen LogP contribution in [-0.4, -0.2) is 21.5 Å². The topological polar surface area (TPSA) is 46.9 Å². The van der Waals surface area contributed by atoms with Gasteiger partial charge in [0.05, 0.1) is 10.2 Å². The van der Waals surface area contributed by atoms with Crippen LogP contribution in [0.2, 0.25) is 0 Å². The highest BCUT2D eigenvalue weighted by molar-refractivity contribution is 7.20. The summed E-state index contributed by atoms with van der Waals surface area (Å²) < 4.78 is 3.02. The number of amides is 1. The zero-order valence-electron chi connectivity index (χ0n) is 14.2. The standard InChI is InChI=1S/C19H23N3OS/c1-3-4-5-8-14(2)20-18(23)15-9-10-16-17(13-15)24-19(21-16)22-11-6-7-12-22/h6-7,9-14H,3-5,8H2,1-2H3,(H,20,23)/t14-/m0/s1. The van der Waals surface area contributed by atoms with Gasteiger partial charge in [-0.1, -0.05) is 37.5 Å². The van der Waals surface area contributed by atoms with Gasteiger partial charge in [0.25, 0.3) is 5.91 Å². The summed E-state index contributed by atoms with van der Waals surface area (Å²) in [5.74, 6) is -0.00295. The summed E-state index contributed by atoms with van der Waals surface area (Å²) >= 11 is 1.59. The molecule has 4 nitrogen and oxygen atoms in total. The zero-order valence-corrected chi connectivity index (χ0v) is 15.0. The summed E-state index contributed by atoms with van der Waals surface area (Å²) in [4.78, 5) is 17.1. The van der Waals surface area contributed by atoms with Crippen molar-refractivity contribution in [2.24, 2.45) is 0 Å². The van der Waals surface area contributed by atoms with Crippen molar-refractivity contribution >= 4 is 27.5 Å². The lowest BCUT2D eigenvalue weighted by atomic mass is 10.1. The third-order valence-corrected chi connectivity index (χ3v) is 5.11. The SMILES string of the molecule is CCCCC[C@H](C)NC(=O)c1ccc2nc(-n3cccc3)sc2c1. The van der Waals surface area contributed by atoms with Crippen LogP contribution in [0.15, 0.2) is 42.7 Å². The summed E-state index contributed by atoms with van der Waals surface area (Å²) in [6.45, 7) is 4.26. The van der Waals surface area contributed by atoms with E-state index in [2.05, 4.69) is 24.1 Å². The molecule has 2 aromatic heterocycles. The Labute approximate surface area is 146 Å². The Morgan fingerprint density at radius 1 is 1.29 bits per heavy atom. The van der Waals surface area contributed by atoms with Gasteiger partial charge in [-0.05, 0) is 43.7 Å². The maximum Gasteiger partial charge on any atom is 0.251 e. The van der Waals surface area contributed by atoms with Gasteiger partial charge in [0.15, 0.2) is 5.13 Å². The molecular formula is C19H23N3OS. The number of hydrogen-bond donors (Lipinski definition) is 1. The first-order chi connectivity index (χ1) is 11.7. The molecule has 0 aliphatic rings. The van der Waals surface area contributed by atoms with E-state index < -0.39 is 0 Å². The third-order valence-electron chi connectivity index (χ3n) is 4.08. The Morgan fingerprint density at radius 2 is 2.08 bits per heavy atom. The molecule has 0 saturated heterocycles. The Hall–Kier alpha value is -2.14. The van der Waals surface area contributed by atoms with Crippen LogP contribution < -0.4 is 5.32 Å². The number of nitrogens with zero attached hydrogens (tertiary/aromatic N) is 2. The van der Waals surface area contributed by atoms with Crippen LogP contribution in [0.5, 0.6) is 0 Å². The van der Waals surface area contributed by atoms with Crippen LogP contribution in [0, 0.1) is 0 Å². The summed E-state index contributed by atoms with van der Waals surface area (Å²) in [6.07, 6.45) is 8.56. The number of thiazole rings is 1. The number of benzene rings is 1. The van der Waals surface area contributed by atoms with E-state index in [-0.39, 0.29) is 11.9 Å². The highest BCUT2D eigenvalue weighted by atomic mass is 32.1. The second-order valence-corrected chi connectivity index (χ2v) is 7.15. The quantitative estimate of drug-likeness (QED) is 0.628. The lowest BCUT2D eigenvalue weighted by Crippen LogP contribution is -2.32. The Bertz CT molecular complexity index is 807. The highest BCUT2D eigenvalue weighted by Crippen LogP contribution is 2.26. The lowest BCUT2D eigenvalue weighted by molar-refractivity contribution is 0.0938. The largest absolute Gasteiger partial charge is 0.350 e. The van der Waals surface area contributed by atoms with E-state index >= 15 is 0 Å². The van der Waals surface area contributed by atoms with E-state index in [0.717, 1.165) is 28.2 Å². The van der Waals surface area contributed by atoms with Gasteiger partial charge >= 0.3 is 0 Å². The van der Waals surface area contributed by atoms with Crippen LogP contribution in [0.3, 0.4) is 0 Å². The maximum atomic E-state index is 12.4. The normalized spacial score (nSPS) is 12.4. The fraction of sp³-hybridized carbons (Fsp3) is 0.368. The molecule has 3 rings (SSSR count). The summed E-state index contributed by atoms with van der Waals surface area (Å²) in [6, 6.07) is 9.88. The Kier molecular flexibility index (Phi) is 5.30. The van der Waals surface area contributed by atoms with Gasteiger partial charge in [0, 0.05) is 24.0 Å². The molecule has 0 radical (unpaired) electrons. The molecule has 1 N–H and O–H groups in total. The molecule has 0 saturated carbocycles. The molecule has 2 heterocycles. The molecule has 1 aromatic carbocycles. The maximum absolute atomic E-state index is 12.4. The molecule has 1 atom stereocenters. The smallest absolute Gasteiger partial charge is 0.251 e. The molecule has 0 aliphatic heterocycles. The molecule has 0 bridgehead atoms. The van der Waals surface area contributed by atoms with Crippen molar-refractivity contribution < 1.29 is 4.79 Å². The van der Waals surface area contributed by atoms with Gasteiger partial charge in [-0.2, -0.15) is 0 Å². The highest BCUT2D eigenvalue weighted by Gasteiger charge is 2.12. The van der Waals surface area contributed by atoms with Crippen LogP contribution in [0.4, 0.5) is 0 Å². The van der Waals surface area contributed by atoms with Crippen LogP contribution in [-0.2, 0) is 0 Å². The predicted molar refractivity (Wildman–Crippen MR) is 100 cm³/mol. The number of fused-ring (bicyclic) bond motifs is 1. The average molecular weight is 341 g/mol. The molecule has 0 aliphatic carbocycles. The van der Waals surface area contributed by atoms with Gasteiger partial charge in [-0.25, -0.2) is 4.98 Å². The summed E-state index contributed by atoms with van der Waals surface area (Å²) in [5.41, 5.74) is 1.63. The van der Waals surface area contributed by atoms with Gasteiger partial charge in [0.2, 0.25) is 0 Å². The van der Waals surface area contributed by atoms with Crippen molar-refractivity contribution in [2.75, 3.05) is 0 Å². The minimum atomic E-state index is -0.00295.